The van der Waals surface area contributed by atoms with Crippen molar-refractivity contribution in [1.29, 1.82) is 0 Å². The fourth-order valence-electron chi connectivity index (χ4n) is 6.98. The molecule has 0 aromatic carbocycles. The van der Waals surface area contributed by atoms with Crippen LogP contribution in [0.5, 0.6) is 0 Å². The Hall–Kier alpha value is -1.89. The normalized spacial score (nSPS) is 15.2. The molecule has 0 aliphatic carbocycles. The zero-order chi connectivity index (χ0) is 33.1. The van der Waals surface area contributed by atoms with Crippen LogP contribution in [0.4, 0.5) is 0 Å². The summed E-state index contributed by atoms with van der Waals surface area (Å²) in [6.45, 7) is 8.04. The van der Waals surface area contributed by atoms with Crippen LogP contribution in [0.3, 0.4) is 0 Å². The number of aliphatic carboxylic acids is 3. The van der Waals surface area contributed by atoms with E-state index in [0.29, 0.717) is 25.7 Å². The molecule has 0 aliphatic rings. The highest BCUT2D eigenvalue weighted by Crippen LogP contribution is 2.34. The van der Waals surface area contributed by atoms with Crippen molar-refractivity contribution in [2.75, 3.05) is 6.54 Å². The van der Waals surface area contributed by atoms with Crippen LogP contribution < -0.4 is 5.11 Å². The third kappa shape index (κ3) is 17.0. The molecule has 0 aliphatic heterocycles. The first-order valence-electron chi connectivity index (χ1n) is 18.4. The first-order valence-corrected chi connectivity index (χ1v) is 18.4. The van der Waals surface area contributed by atoms with Crippen LogP contribution in [0.15, 0.2) is 12.2 Å². The summed E-state index contributed by atoms with van der Waals surface area (Å²) in [5.74, 6) is -3.55. The van der Waals surface area contributed by atoms with E-state index in [-0.39, 0.29) is 25.8 Å². The van der Waals surface area contributed by atoms with Gasteiger partial charge < -0.3 is 20.1 Å². The lowest BCUT2D eigenvalue weighted by Crippen LogP contribution is -2.74. The highest BCUT2D eigenvalue weighted by Gasteiger charge is 2.54. The standard InChI is InChI=1S/C37H69NO6/c1-5-9-10-11-12-13-14-15-16-17-18-19-20-21-22-23-24-25-26-27-31-38(32(28-6-2)35(39)40,33(29-7-3)36(41)42)34(30-8-4)37(43)44/h10-11,32-34H,5-9,12-31H2,1-4H3,(H2-,39,40,41,42,43,44)/b11-10+. The summed E-state index contributed by atoms with van der Waals surface area (Å²) in [4.78, 5) is 37.7. The van der Waals surface area contributed by atoms with Crippen molar-refractivity contribution < 1.29 is 34.2 Å². The molecule has 2 N–H and O–H groups in total. The van der Waals surface area contributed by atoms with E-state index in [1.807, 2.05) is 20.8 Å². The minimum Gasteiger partial charge on any atom is -0.544 e. The molecule has 0 saturated heterocycles. The average Bonchev–Trinajstić information content (AvgIpc) is 2.98. The second-order valence-electron chi connectivity index (χ2n) is 13.0. The Morgan fingerprint density at radius 3 is 1.20 bits per heavy atom. The van der Waals surface area contributed by atoms with Crippen LogP contribution in [0.1, 0.15) is 182 Å². The molecule has 44 heavy (non-hydrogen) atoms. The minimum absolute atomic E-state index is 0.209. The lowest BCUT2D eigenvalue weighted by Gasteiger charge is -2.52. The van der Waals surface area contributed by atoms with Crippen LogP contribution in [-0.4, -0.2) is 57.3 Å². The molecule has 0 aromatic rings. The zero-order valence-electron chi connectivity index (χ0n) is 29.0. The van der Waals surface area contributed by atoms with Gasteiger partial charge in [0.25, 0.3) is 0 Å². The van der Waals surface area contributed by atoms with Gasteiger partial charge in [0.2, 0.25) is 0 Å². The number of hydrogen-bond acceptors (Lipinski definition) is 4. The quantitative estimate of drug-likeness (QED) is 0.0439. The van der Waals surface area contributed by atoms with Crippen molar-refractivity contribution in [3.05, 3.63) is 12.2 Å². The molecular formula is C37H69NO6. The first kappa shape index (κ1) is 42.1. The van der Waals surface area contributed by atoms with E-state index >= 15 is 0 Å². The molecule has 258 valence electrons. The van der Waals surface area contributed by atoms with E-state index in [2.05, 4.69) is 19.1 Å². The SMILES string of the molecule is CCC/C=C/CCCCCCCCCCCCCCCCC[N+](C(CCC)C(=O)[O-])(C(CCC)C(=O)O)C(CCC)C(=O)O. The van der Waals surface area contributed by atoms with E-state index in [1.165, 1.54) is 89.9 Å². The summed E-state index contributed by atoms with van der Waals surface area (Å²) >= 11 is 0. The molecule has 0 heterocycles. The Bertz CT molecular complexity index is 707. The van der Waals surface area contributed by atoms with Crippen molar-refractivity contribution in [2.24, 2.45) is 0 Å². The summed E-state index contributed by atoms with van der Waals surface area (Å²) < 4.78 is -0.432. The Morgan fingerprint density at radius 1 is 0.523 bits per heavy atom. The number of quaternary nitrogens is 1. The summed E-state index contributed by atoms with van der Waals surface area (Å²) in [6.07, 6.45) is 28.5. The topological polar surface area (TPSA) is 115 Å². The molecule has 0 radical (unpaired) electrons. The van der Waals surface area contributed by atoms with Crippen LogP contribution >= 0.6 is 0 Å². The van der Waals surface area contributed by atoms with Gasteiger partial charge in [-0.05, 0) is 44.9 Å². The molecule has 3 unspecified atom stereocenters. The number of hydrogen-bond donors (Lipinski definition) is 2. The maximum Gasteiger partial charge on any atom is 0.362 e. The van der Waals surface area contributed by atoms with Crippen molar-refractivity contribution >= 4 is 17.9 Å². The molecule has 3 atom stereocenters. The Balaban J connectivity index is 4.71. The zero-order valence-corrected chi connectivity index (χ0v) is 29.0. The van der Waals surface area contributed by atoms with Gasteiger partial charge in [0, 0.05) is 19.3 Å². The van der Waals surface area contributed by atoms with Gasteiger partial charge in [0.15, 0.2) is 12.1 Å². The summed E-state index contributed by atoms with van der Waals surface area (Å²) in [5, 5.41) is 33.1. The maximum absolute atomic E-state index is 12.6. The monoisotopic (exact) mass is 624 g/mol. The second-order valence-corrected chi connectivity index (χ2v) is 13.0. The van der Waals surface area contributed by atoms with Crippen LogP contribution in [0.2, 0.25) is 0 Å². The Labute approximate surface area is 270 Å². The van der Waals surface area contributed by atoms with Gasteiger partial charge in [-0.15, -0.1) is 0 Å². The highest BCUT2D eigenvalue weighted by molar-refractivity contribution is 5.77. The van der Waals surface area contributed by atoms with E-state index in [1.54, 1.807) is 0 Å². The molecular weight excluding hydrogens is 554 g/mol. The van der Waals surface area contributed by atoms with E-state index in [0.717, 1.165) is 19.3 Å². The van der Waals surface area contributed by atoms with Crippen LogP contribution in [0.25, 0.3) is 0 Å². The van der Waals surface area contributed by atoms with Crippen molar-refractivity contribution in [2.45, 2.75) is 200 Å². The number of carboxylic acid groups (broad SMARTS) is 3. The molecule has 7 heteroatoms. The summed E-state index contributed by atoms with van der Waals surface area (Å²) in [5.41, 5.74) is 0. The fraction of sp³-hybridized carbons (Fsp3) is 0.865. The maximum atomic E-state index is 12.6. The van der Waals surface area contributed by atoms with Gasteiger partial charge in [-0.1, -0.05) is 130 Å². The number of carbonyl (C=O) groups excluding carboxylic acids is 1. The third-order valence-corrected chi connectivity index (χ3v) is 9.31. The second kappa shape index (κ2) is 27.4. The minimum atomic E-state index is -1.33. The van der Waals surface area contributed by atoms with Gasteiger partial charge >= 0.3 is 11.9 Å². The molecule has 0 rings (SSSR count). The number of allylic oxidation sites excluding steroid dienone is 2. The lowest BCUT2D eigenvalue weighted by atomic mass is 9.91. The molecule has 0 amide bonds. The molecule has 0 spiro atoms. The van der Waals surface area contributed by atoms with Crippen molar-refractivity contribution in [1.82, 2.24) is 0 Å². The van der Waals surface area contributed by atoms with Gasteiger partial charge in [0.1, 0.15) is 6.04 Å². The van der Waals surface area contributed by atoms with Gasteiger partial charge in [-0.3, -0.25) is 4.48 Å². The molecule has 0 fully saturated rings. The summed E-state index contributed by atoms with van der Waals surface area (Å²) in [6, 6.07) is -3.32. The first-order chi connectivity index (χ1) is 21.2. The molecule has 0 bridgehead atoms. The molecule has 0 saturated carbocycles. The number of rotatable bonds is 32. The predicted octanol–water partition coefficient (Wildman–Crippen LogP) is 8.83. The van der Waals surface area contributed by atoms with E-state index < -0.39 is 40.5 Å². The summed E-state index contributed by atoms with van der Waals surface area (Å²) in [7, 11) is 0. The molecule has 0 aromatic heterocycles. The smallest absolute Gasteiger partial charge is 0.362 e. The van der Waals surface area contributed by atoms with Crippen LogP contribution in [0, 0.1) is 0 Å². The van der Waals surface area contributed by atoms with Gasteiger partial charge in [-0.25, -0.2) is 9.59 Å². The number of carboxylic acids is 3. The van der Waals surface area contributed by atoms with E-state index in [4.69, 9.17) is 0 Å². The van der Waals surface area contributed by atoms with Crippen molar-refractivity contribution in [3.8, 4) is 0 Å². The molecule has 7 nitrogen and oxygen atoms in total. The van der Waals surface area contributed by atoms with Gasteiger partial charge in [-0.2, -0.15) is 0 Å². The highest BCUT2D eigenvalue weighted by atomic mass is 16.4. The number of unbranched alkanes of at least 4 members (excludes halogenated alkanes) is 16. The lowest BCUT2D eigenvalue weighted by molar-refractivity contribution is -0.975. The average molecular weight is 624 g/mol. The number of carbonyl (C=O) groups is 3. The fourth-order valence-corrected chi connectivity index (χ4v) is 6.98. The van der Waals surface area contributed by atoms with Crippen molar-refractivity contribution in [3.63, 3.8) is 0 Å². The van der Waals surface area contributed by atoms with E-state index in [9.17, 15) is 29.7 Å². The predicted molar refractivity (Wildman–Crippen MR) is 179 cm³/mol. The third-order valence-electron chi connectivity index (χ3n) is 9.31. The largest absolute Gasteiger partial charge is 0.544 e. The van der Waals surface area contributed by atoms with Crippen LogP contribution in [-0.2, 0) is 14.4 Å². The number of nitrogens with zero attached hydrogens (tertiary/aromatic N) is 1. The Kier molecular flexibility index (Phi) is 26.2. The Morgan fingerprint density at radius 2 is 0.864 bits per heavy atom. The van der Waals surface area contributed by atoms with Gasteiger partial charge in [0.05, 0.1) is 12.5 Å².